The van der Waals surface area contributed by atoms with Crippen LogP contribution < -0.4 is 27.4 Å². The second kappa shape index (κ2) is 17.5. The number of esters is 2. The number of carbonyl (C=O) groups excluding carboxylic acids is 6. The molecule has 6 aliphatic rings. The first-order valence-corrected chi connectivity index (χ1v) is 19.0. The summed E-state index contributed by atoms with van der Waals surface area (Å²) in [4.78, 5) is 82.6. The van der Waals surface area contributed by atoms with Gasteiger partial charge in [0, 0.05) is 24.9 Å². The van der Waals surface area contributed by atoms with Crippen molar-refractivity contribution < 1.29 is 38.2 Å². The van der Waals surface area contributed by atoms with Crippen LogP contribution in [0.25, 0.3) is 0 Å². The summed E-state index contributed by atoms with van der Waals surface area (Å²) in [6.07, 6.45) is 3.11. The second-order valence-corrected chi connectivity index (χ2v) is 14.9. The molecule has 13 nitrogen and oxygen atoms in total. The molecule has 284 valence electrons. The van der Waals surface area contributed by atoms with Gasteiger partial charge in [0.1, 0.15) is 12.2 Å². The standard InChI is InChI=1S/C40H51N5O8/c41-17-7-19-43-35(46)31-25-13-15-27(29(21-25)52-39(50)23-9-3-1-4-10-23)33(31)37(48)45-38(49)34-28-16-14-26(32(34)36(47)44-20-8-18-42)22-30(28)53-40(51)24-11-5-2-6-12-24/h1-6,9-12,25-34H,7-8,13-22,41-42H2,(H,43,46)(H,44,47)(H,45,48,49). The Morgan fingerprint density at radius 2 is 0.943 bits per heavy atom. The Kier molecular flexibility index (Phi) is 12.6. The molecule has 53 heavy (non-hydrogen) atoms. The molecule has 0 aliphatic heterocycles. The van der Waals surface area contributed by atoms with E-state index in [9.17, 15) is 28.8 Å². The zero-order valence-electron chi connectivity index (χ0n) is 30.0. The fourth-order valence-corrected chi connectivity index (χ4v) is 9.41. The number of hydrogen-bond donors (Lipinski definition) is 5. The zero-order chi connectivity index (χ0) is 37.5. The number of nitrogens with two attached hydrogens (primary N) is 2. The van der Waals surface area contributed by atoms with Gasteiger partial charge in [-0.25, -0.2) is 9.59 Å². The Bertz CT molecular complexity index is 1520. The van der Waals surface area contributed by atoms with E-state index in [1.165, 1.54) is 0 Å². The predicted molar refractivity (Wildman–Crippen MR) is 193 cm³/mol. The Labute approximate surface area is 309 Å². The third-order valence-electron chi connectivity index (χ3n) is 11.8. The molecule has 10 atom stereocenters. The van der Waals surface area contributed by atoms with Crippen molar-refractivity contribution in [1.82, 2.24) is 16.0 Å². The van der Waals surface area contributed by atoms with Crippen LogP contribution in [0, 0.1) is 47.3 Å². The molecule has 13 heteroatoms. The summed E-state index contributed by atoms with van der Waals surface area (Å²) in [5.41, 5.74) is 12.1. The van der Waals surface area contributed by atoms with Crippen molar-refractivity contribution in [3.05, 3.63) is 71.8 Å². The number of carbonyl (C=O) groups is 6. The van der Waals surface area contributed by atoms with E-state index < -0.39 is 71.5 Å². The van der Waals surface area contributed by atoms with Gasteiger partial charge < -0.3 is 31.6 Å². The molecule has 0 radical (unpaired) electrons. The van der Waals surface area contributed by atoms with E-state index in [4.69, 9.17) is 20.9 Å². The Morgan fingerprint density at radius 3 is 1.32 bits per heavy atom. The fourth-order valence-electron chi connectivity index (χ4n) is 9.41. The number of nitrogens with one attached hydrogen (secondary N) is 3. The molecule has 0 saturated heterocycles. The Hall–Kier alpha value is -4.62. The van der Waals surface area contributed by atoms with Gasteiger partial charge in [-0.15, -0.1) is 0 Å². The highest BCUT2D eigenvalue weighted by atomic mass is 16.5. The maximum absolute atomic E-state index is 14.5. The van der Waals surface area contributed by atoms with Crippen molar-refractivity contribution >= 4 is 35.6 Å². The highest BCUT2D eigenvalue weighted by Gasteiger charge is 2.58. The molecule has 6 saturated carbocycles. The molecule has 0 spiro atoms. The lowest BCUT2D eigenvalue weighted by atomic mass is 9.56. The highest BCUT2D eigenvalue weighted by Crippen LogP contribution is 2.52. The fraction of sp³-hybridized carbons (Fsp3) is 0.550. The van der Waals surface area contributed by atoms with Crippen molar-refractivity contribution in [2.24, 2.45) is 58.8 Å². The van der Waals surface area contributed by atoms with E-state index in [0.29, 0.717) is 88.7 Å². The van der Waals surface area contributed by atoms with E-state index in [1.54, 1.807) is 60.7 Å². The summed E-state index contributed by atoms with van der Waals surface area (Å²) in [7, 11) is 0. The van der Waals surface area contributed by atoms with Crippen LogP contribution in [0.1, 0.15) is 72.1 Å². The molecule has 6 fully saturated rings. The van der Waals surface area contributed by atoms with Crippen LogP contribution in [0.5, 0.6) is 0 Å². The zero-order valence-corrected chi connectivity index (χ0v) is 30.0. The summed E-state index contributed by atoms with van der Waals surface area (Å²) < 4.78 is 12.0. The predicted octanol–water partition coefficient (Wildman–Crippen LogP) is 2.34. The summed E-state index contributed by atoms with van der Waals surface area (Å²) in [6.45, 7) is 1.47. The van der Waals surface area contributed by atoms with Crippen LogP contribution in [0.4, 0.5) is 0 Å². The highest BCUT2D eigenvalue weighted by molar-refractivity contribution is 6.01. The average molecular weight is 730 g/mol. The van der Waals surface area contributed by atoms with Crippen molar-refractivity contribution in [2.45, 2.75) is 63.6 Å². The van der Waals surface area contributed by atoms with Crippen LogP contribution in [-0.2, 0) is 28.7 Å². The van der Waals surface area contributed by atoms with Gasteiger partial charge in [-0.1, -0.05) is 36.4 Å². The van der Waals surface area contributed by atoms with E-state index in [1.807, 2.05) is 0 Å². The van der Waals surface area contributed by atoms with Crippen LogP contribution in [0.3, 0.4) is 0 Å². The van der Waals surface area contributed by atoms with Gasteiger partial charge in [0.25, 0.3) is 0 Å². The first-order chi connectivity index (χ1) is 25.7. The summed E-state index contributed by atoms with van der Waals surface area (Å²) in [5, 5.41) is 8.50. The molecule has 10 unspecified atom stereocenters. The van der Waals surface area contributed by atoms with Gasteiger partial charge in [0.05, 0.1) is 34.8 Å². The normalized spacial score (nSPS) is 29.8. The van der Waals surface area contributed by atoms with Crippen molar-refractivity contribution in [3.63, 3.8) is 0 Å². The second-order valence-electron chi connectivity index (χ2n) is 14.9. The molecule has 4 amide bonds. The number of ether oxygens (including phenoxy) is 2. The third kappa shape index (κ3) is 8.46. The molecule has 2 aromatic carbocycles. The van der Waals surface area contributed by atoms with Crippen molar-refractivity contribution in [2.75, 3.05) is 26.2 Å². The third-order valence-corrected chi connectivity index (χ3v) is 11.8. The average Bonchev–Trinajstić information content (AvgIpc) is 3.18. The number of imide groups is 1. The number of fused-ring (bicyclic) bond motifs is 6. The molecule has 7 N–H and O–H groups in total. The number of rotatable bonds is 14. The van der Waals surface area contributed by atoms with Crippen LogP contribution in [0.15, 0.2) is 60.7 Å². The minimum absolute atomic E-state index is 0.258. The van der Waals surface area contributed by atoms with Crippen LogP contribution in [-0.4, -0.2) is 74.0 Å². The van der Waals surface area contributed by atoms with E-state index >= 15 is 0 Å². The molecule has 2 aromatic rings. The van der Waals surface area contributed by atoms with E-state index in [2.05, 4.69) is 16.0 Å². The molecule has 4 bridgehead atoms. The molecule has 8 rings (SSSR count). The van der Waals surface area contributed by atoms with Crippen LogP contribution >= 0.6 is 0 Å². The first-order valence-electron chi connectivity index (χ1n) is 19.0. The van der Waals surface area contributed by atoms with Gasteiger partial charge in [-0.2, -0.15) is 0 Å². The molecule has 0 heterocycles. The molecular weight excluding hydrogens is 678 g/mol. The van der Waals surface area contributed by atoms with Gasteiger partial charge in [0.2, 0.25) is 23.6 Å². The minimum atomic E-state index is -0.956. The van der Waals surface area contributed by atoms with Gasteiger partial charge in [0.15, 0.2) is 0 Å². The maximum atomic E-state index is 14.5. The first kappa shape index (κ1) is 38.1. The topological polar surface area (TPSA) is 209 Å². The van der Waals surface area contributed by atoms with E-state index in [0.717, 1.165) is 0 Å². The van der Waals surface area contributed by atoms with Gasteiger partial charge in [-0.05, 0) is 101 Å². The van der Waals surface area contributed by atoms with E-state index in [-0.39, 0.29) is 23.7 Å². The largest absolute Gasteiger partial charge is 0.458 e. The summed E-state index contributed by atoms with van der Waals surface area (Å²) >= 11 is 0. The number of benzene rings is 2. The molecule has 0 aromatic heterocycles. The Morgan fingerprint density at radius 1 is 0.547 bits per heavy atom. The summed E-state index contributed by atoms with van der Waals surface area (Å²) in [5.74, 6) is -7.83. The lowest BCUT2D eigenvalue weighted by Crippen LogP contribution is -2.61. The number of amides is 4. The molecule has 6 aliphatic carbocycles. The SMILES string of the molecule is NCCCNC(=O)C1C2CCC(C(OC(=O)c3ccccc3)C2)C1C(=O)NC(=O)C1C2CCC(CC2OC(=O)c2ccccc2)C1C(=O)NCCCN. The molecular formula is C40H51N5O8. The Balaban J connectivity index is 1.25. The quantitative estimate of drug-likeness (QED) is 0.109. The smallest absolute Gasteiger partial charge is 0.338 e. The van der Waals surface area contributed by atoms with Crippen molar-refractivity contribution in [3.8, 4) is 0 Å². The maximum Gasteiger partial charge on any atom is 0.338 e. The monoisotopic (exact) mass is 729 g/mol. The van der Waals surface area contributed by atoms with Crippen molar-refractivity contribution in [1.29, 1.82) is 0 Å². The van der Waals surface area contributed by atoms with Gasteiger partial charge >= 0.3 is 11.9 Å². The van der Waals surface area contributed by atoms with Gasteiger partial charge in [-0.3, -0.25) is 24.5 Å². The minimum Gasteiger partial charge on any atom is -0.458 e. The lowest BCUT2D eigenvalue weighted by molar-refractivity contribution is -0.162. The van der Waals surface area contributed by atoms with Crippen LogP contribution in [0.2, 0.25) is 0 Å². The summed E-state index contributed by atoms with van der Waals surface area (Å²) in [6, 6.07) is 17.2. The number of hydrogen-bond acceptors (Lipinski definition) is 10. The lowest BCUT2D eigenvalue weighted by Gasteiger charge is -2.51.